The van der Waals surface area contributed by atoms with Crippen LogP contribution in [-0.4, -0.2) is 25.0 Å². The third-order valence-electron chi connectivity index (χ3n) is 3.82. The van der Waals surface area contributed by atoms with E-state index in [1.165, 1.54) is 25.0 Å². The van der Waals surface area contributed by atoms with E-state index in [-0.39, 0.29) is 11.7 Å². The first-order valence-electron chi connectivity index (χ1n) is 7.06. The zero-order chi connectivity index (χ0) is 13.2. The maximum atomic E-state index is 13.3. The summed E-state index contributed by atoms with van der Waals surface area (Å²) in [5.74, 6) is -0.154. The Morgan fingerprint density at radius 1 is 1.32 bits per heavy atom. The Balaban J connectivity index is 1.65. The summed E-state index contributed by atoms with van der Waals surface area (Å²) in [6.07, 6.45) is 4.73. The Morgan fingerprint density at radius 2 is 2.16 bits per heavy atom. The molecule has 1 amide bonds. The summed E-state index contributed by atoms with van der Waals surface area (Å²) in [6, 6.07) is 5.45. The number of hydrogen-bond donors (Lipinski definition) is 1. The van der Waals surface area contributed by atoms with Crippen molar-refractivity contribution in [2.24, 2.45) is 0 Å². The van der Waals surface area contributed by atoms with Crippen LogP contribution in [0.1, 0.15) is 31.2 Å². The van der Waals surface area contributed by atoms with Gasteiger partial charge in [0, 0.05) is 24.7 Å². The summed E-state index contributed by atoms with van der Waals surface area (Å²) in [7, 11) is 0. The van der Waals surface area contributed by atoms with Crippen molar-refractivity contribution in [1.82, 2.24) is 5.32 Å². The Kier molecular flexibility index (Phi) is 3.51. The number of hydrogen-bond acceptors (Lipinski definition) is 2. The standard InChI is InChI=1S/C15H19FN2O/c16-12-4-2-11-3-7-15(19)18(14(11)10-12)9-1-8-17-13-5-6-13/h2,4,10,13,17H,1,3,5-9H2. The summed E-state index contributed by atoms with van der Waals surface area (Å²) in [4.78, 5) is 13.7. The maximum absolute atomic E-state index is 13.3. The molecule has 2 aliphatic rings. The highest BCUT2D eigenvalue weighted by Crippen LogP contribution is 2.28. The van der Waals surface area contributed by atoms with E-state index in [0.29, 0.717) is 19.0 Å². The van der Waals surface area contributed by atoms with Crippen LogP contribution >= 0.6 is 0 Å². The number of anilines is 1. The van der Waals surface area contributed by atoms with E-state index >= 15 is 0 Å². The minimum Gasteiger partial charge on any atom is -0.314 e. The highest BCUT2D eigenvalue weighted by molar-refractivity contribution is 5.96. The van der Waals surface area contributed by atoms with Crippen LogP contribution < -0.4 is 10.2 Å². The number of carbonyl (C=O) groups is 1. The van der Waals surface area contributed by atoms with Crippen LogP contribution in [0.15, 0.2) is 18.2 Å². The van der Waals surface area contributed by atoms with Crippen molar-refractivity contribution in [3.63, 3.8) is 0 Å². The van der Waals surface area contributed by atoms with Gasteiger partial charge < -0.3 is 10.2 Å². The van der Waals surface area contributed by atoms with E-state index in [4.69, 9.17) is 0 Å². The Morgan fingerprint density at radius 3 is 2.95 bits per heavy atom. The van der Waals surface area contributed by atoms with E-state index in [9.17, 15) is 9.18 Å². The van der Waals surface area contributed by atoms with Crippen molar-refractivity contribution >= 4 is 11.6 Å². The van der Waals surface area contributed by atoms with Crippen LogP contribution in [0.5, 0.6) is 0 Å². The van der Waals surface area contributed by atoms with Gasteiger partial charge in [0.05, 0.1) is 0 Å². The molecule has 1 fully saturated rings. The van der Waals surface area contributed by atoms with Crippen LogP contribution in [0.25, 0.3) is 0 Å². The lowest BCUT2D eigenvalue weighted by Gasteiger charge is -2.29. The summed E-state index contributed by atoms with van der Waals surface area (Å²) in [5.41, 5.74) is 1.85. The summed E-state index contributed by atoms with van der Waals surface area (Å²) >= 11 is 0. The zero-order valence-corrected chi connectivity index (χ0v) is 11.0. The number of aryl methyl sites for hydroxylation is 1. The van der Waals surface area contributed by atoms with Crippen LogP contribution in [0.4, 0.5) is 10.1 Å². The molecule has 3 rings (SSSR count). The predicted molar refractivity (Wildman–Crippen MR) is 72.7 cm³/mol. The van der Waals surface area contributed by atoms with Crippen molar-refractivity contribution in [2.75, 3.05) is 18.0 Å². The van der Waals surface area contributed by atoms with Crippen LogP contribution in [0.3, 0.4) is 0 Å². The molecule has 1 aromatic carbocycles. The average molecular weight is 262 g/mol. The van der Waals surface area contributed by atoms with Crippen molar-refractivity contribution in [3.8, 4) is 0 Å². The molecule has 0 saturated heterocycles. The molecule has 1 aromatic rings. The number of fused-ring (bicyclic) bond motifs is 1. The van der Waals surface area contributed by atoms with Crippen molar-refractivity contribution < 1.29 is 9.18 Å². The molecule has 1 heterocycles. The van der Waals surface area contributed by atoms with Crippen molar-refractivity contribution in [1.29, 1.82) is 0 Å². The van der Waals surface area contributed by atoms with Crippen LogP contribution in [-0.2, 0) is 11.2 Å². The molecule has 0 unspecified atom stereocenters. The molecule has 1 saturated carbocycles. The predicted octanol–water partition coefficient (Wildman–Crippen LogP) is 2.25. The fourth-order valence-corrected chi connectivity index (χ4v) is 2.59. The number of amides is 1. The third kappa shape index (κ3) is 2.95. The average Bonchev–Trinajstić information content (AvgIpc) is 3.20. The van der Waals surface area contributed by atoms with Gasteiger partial charge in [-0.3, -0.25) is 4.79 Å². The molecular weight excluding hydrogens is 243 g/mol. The molecule has 0 radical (unpaired) electrons. The molecule has 0 bridgehead atoms. The van der Waals surface area contributed by atoms with E-state index in [1.807, 2.05) is 0 Å². The number of halogens is 1. The zero-order valence-electron chi connectivity index (χ0n) is 11.0. The first-order valence-corrected chi connectivity index (χ1v) is 7.06. The molecule has 19 heavy (non-hydrogen) atoms. The van der Waals surface area contributed by atoms with Gasteiger partial charge in [-0.1, -0.05) is 6.07 Å². The lowest BCUT2D eigenvalue weighted by atomic mass is 10.0. The van der Waals surface area contributed by atoms with Crippen molar-refractivity contribution in [2.45, 2.75) is 38.1 Å². The number of nitrogens with zero attached hydrogens (tertiary/aromatic N) is 1. The van der Waals surface area contributed by atoms with E-state index in [0.717, 1.165) is 30.6 Å². The van der Waals surface area contributed by atoms with Crippen molar-refractivity contribution in [3.05, 3.63) is 29.6 Å². The molecule has 0 aromatic heterocycles. The second-order valence-corrected chi connectivity index (χ2v) is 5.40. The second kappa shape index (κ2) is 5.29. The van der Waals surface area contributed by atoms with Gasteiger partial charge in [-0.2, -0.15) is 0 Å². The van der Waals surface area contributed by atoms with Gasteiger partial charge in [0.25, 0.3) is 0 Å². The Bertz CT molecular complexity index is 485. The first kappa shape index (κ1) is 12.6. The van der Waals surface area contributed by atoms with Gasteiger partial charge in [-0.05, 0) is 49.9 Å². The number of carbonyl (C=O) groups excluding carboxylic acids is 1. The van der Waals surface area contributed by atoms with E-state index in [1.54, 1.807) is 11.0 Å². The van der Waals surface area contributed by atoms with Crippen LogP contribution in [0.2, 0.25) is 0 Å². The molecular formula is C15H19FN2O. The van der Waals surface area contributed by atoms with Gasteiger partial charge in [0.15, 0.2) is 0 Å². The topological polar surface area (TPSA) is 32.3 Å². The highest BCUT2D eigenvalue weighted by atomic mass is 19.1. The number of rotatable bonds is 5. The van der Waals surface area contributed by atoms with Gasteiger partial charge in [0.2, 0.25) is 5.91 Å². The Labute approximate surface area is 112 Å². The summed E-state index contributed by atoms with van der Waals surface area (Å²) < 4.78 is 13.3. The molecule has 0 spiro atoms. The number of nitrogens with one attached hydrogen (secondary N) is 1. The first-order chi connectivity index (χ1) is 9.24. The lowest BCUT2D eigenvalue weighted by molar-refractivity contribution is -0.118. The van der Waals surface area contributed by atoms with E-state index < -0.39 is 0 Å². The maximum Gasteiger partial charge on any atom is 0.227 e. The normalized spacial score (nSPS) is 18.6. The van der Waals surface area contributed by atoms with Gasteiger partial charge in [-0.15, -0.1) is 0 Å². The molecule has 3 nitrogen and oxygen atoms in total. The monoisotopic (exact) mass is 262 g/mol. The molecule has 1 aliphatic carbocycles. The largest absolute Gasteiger partial charge is 0.314 e. The number of benzene rings is 1. The second-order valence-electron chi connectivity index (χ2n) is 5.40. The lowest BCUT2D eigenvalue weighted by Crippen LogP contribution is -2.37. The van der Waals surface area contributed by atoms with Gasteiger partial charge >= 0.3 is 0 Å². The summed E-state index contributed by atoms with van der Waals surface area (Å²) in [6.45, 7) is 1.61. The fraction of sp³-hybridized carbons (Fsp3) is 0.533. The Hall–Kier alpha value is -1.42. The molecule has 1 aliphatic heterocycles. The van der Waals surface area contributed by atoms with E-state index in [2.05, 4.69) is 5.32 Å². The third-order valence-corrected chi connectivity index (χ3v) is 3.82. The minimum atomic E-state index is -0.269. The van der Waals surface area contributed by atoms with Crippen LogP contribution in [0, 0.1) is 5.82 Å². The summed E-state index contributed by atoms with van der Waals surface area (Å²) in [5, 5.41) is 3.43. The smallest absolute Gasteiger partial charge is 0.227 e. The fourth-order valence-electron chi connectivity index (χ4n) is 2.59. The molecule has 1 N–H and O–H groups in total. The SMILES string of the molecule is O=C1CCc2ccc(F)cc2N1CCCNC1CC1. The quantitative estimate of drug-likeness (QED) is 0.825. The highest BCUT2D eigenvalue weighted by Gasteiger charge is 2.24. The minimum absolute atomic E-state index is 0.115. The molecule has 0 atom stereocenters. The van der Waals surface area contributed by atoms with Gasteiger partial charge in [-0.25, -0.2) is 4.39 Å². The van der Waals surface area contributed by atoms with Gasteiger partial charge in [0.1, 0.15) is 5.82 Å². The molecule has 4 heteroatoms. The molecule has 102 valence electrons.